The largest absolute Gasteiger partial charge is 0.468 e. The number of ether oxygens (including phenoxy) is 1. The second-order valence-electron chi connectivity index (χ2n) is 1.35. The van der Waals surface area contributed by atoms with E-state index in [9.17, 15) is 4.79 Å². The summed E-state index contributed by atoms with van der Waals surface area (Å²) in [5.74, 6) is -0.237. The Morgan fingerprint density at radius 2 is 2.38 bits per heavy atom. The highest BCUT2D eigenvalue weighted by Crippen LogP contribution is 1.86. The zero-order valence-corrected chi connectivity index (χ0v) is 6.93. The molecular formula is C4H8INO2. The molecule has 0 saturated carbocycles. The number of halogens is 1. The van der Waals surface area contributed by atoms with E-state index in [1.807, 2.05) is 22.9 Å². The molecule has 0 aromatic heterocycles. The van der Waals surface area contributed by atoms with Crippen LogP contribution in [-0.4, -0.2) is 19.1 Å². The first kappa shape index (κ1) is 8.16. The number of nitrogens with one attached hydrogen (secondary N) is 1. The van der Waals surface area contributed by atoms with E-state index in [2.05, 4.69) is 8.27 Å². The molecule has 0 aromatic carbocycles. The SMILES string of the molecule is COC(=O)C(C)NI. The predicted molar refractivity (Wildman–Crippen MR) is 38.6 cm³/mol. The van der Waals surface area contributed by atoms with Gasteiger partial charge in [-0.05, 0) is 6.92 Å². The molecule has 0 aromatic rings. The molecular weight excluding hydrogens is 221 g/mol. The van der Waals surface area contributed by atoms with Gasteiger partial charge in [0.1, 0.15) is 6.04 Å². The maximum atomic E-state index is 10.5. The van der Waals surface area contributed by atoms with E-state index in [1.165, 1.54) is 7.11 Å². The molecule has 48 valence electrons. The van der Waals surface area contributed by atoms with Crippen molar-refractivity contribution in [2.24, 2.45) is 0 Å². The standard InChI is InChI=1S/C4H8INO2/c1-3(6-5)4(7)8-2/h3,6H,1-2H3. The highest BCUT2D eigenvalue weighted by molar-refractivity contribution is 14.1. The van der Waals surface area contributed by atoms with E-state index in [4.69, 9.17) is 0 Å². The van der Waals surface area contributed by atoms with Crippen LogP contribution in [0.25, 0.3) is 0 Å². The highest BCUT2D eigenvalue weighted by Gasteiger charge is 2.08. The fourth-order valence-electron chi connectivity index (χ4n) is 0.221. The number of hydrogen-bond acceptors (Lipinski definition) is 3. The highest BCUT2D eigenvalue weighted by atomic mass is 127. The van der Waals surface area contributed by atoms with Crippen molar-refractivity contribution < 1.29 is 9.53 Å². The van der Waals surface area contributed by atoms with Crippen LogP contribution in [0.4, 0.5) is 0 Å². The van der Waals surface area contributed by atoms with E-state index in [0.717, 1.165) is 0 Å². The lowest BCUT2D eigenvalue weighted by molar-refractivity contribution is -0.141. The number of carbonyl (C=O) groups is 1. The van der Waals surface area contributed by atoms with Crippen LogP contribution in [0.5, 0.6) is 0 Å². The first-order chi connectivity index (χ1) is 3.72. The molecule has 0 fully saturated rings. The molecule has 0 heterocycles. The van der Waals surface area contributed by atoms with Crippen molar-refractivity contribution in [3.63, 3.8) is 0 Å². The van der Waals surface area contributed by atoms with Crippen LogP contribution in [0.15, 0.2) is 0 Å². The van der Waals surface area contributed by atoms with Gasteiger partial charge in [0.05, 0.1) is 7.11 Å². The Kier molecular flexibility index (Phi) is 4.16. The Hall–Kier alpha value is 0.160. The number of methoxy groups -OCH3 is 1. The van der Waals surface area contributed by atoms with Crippen molar-refractivity contribution >= 4 is 28.8 Å². The smallest absolute Gasteiger partial charge is 0.323 e. The van der Waals surface area contributed by atoms with Crippen molar-refractivity contribution in [3.05, 3.63) is 0 Å². The molecule has 8 heavy (non-hydrogen) atoms. The van der Waals surface area contributed by atoms with Crippen LogP contribution in [-0.2, 0) is 9.53 Å². The minimum Gasteiger partial charge on any atom is -0.468 e. The molecule has 0 aliphatic carbocycles. The second-order valence-corrected chi connectivity index (χ2v) is 1.98. The number of hydrogen-bond donors (Lipinski definition) is 1. The first-order valence-electron chi connectivity index (χ1n) is 2.16. The predicted octanol–water partition coefficient (Wildman–Crippen LogP) is 0.487. The molecule has 1 unspecified atom stereocenters. The summed E-state index contributed by atoms with van der Waals surface area (Å²) in [4.78, 5) is 10.5. The molecule has 0 aliphatic rings. The summed E-state index contributed by atoms with van der Waals surface area (Å²) in [5.41, 5.74) is 0. The Morgan fingerprint density at radius 1 is 1.88 bits per heavy atom. The Morgan fingerprint density at radius 3 is 2.50 bits per heavy atom. The Balaban J connectivity index is 3.46. The zero-order valence-electron chi connectivity index (χ0n) is 4.77. The van der Waals surface area contributed by atoms with Gasteiger partial charge in [0.2, 0.25) is 0 Å². The van der Waals surface area contributed by atoms with E-state index in [-0.39, 0.29) is 12.0 Å². The van der Waals surface area contributed by atoms with Gasteiger partial charge in [-0.3, -0.25) is 4.79 Å². The van der Waals surface area contributed by atoms with Gasteiger partial charge in [-0.2, -0.15) is 0 Å². The minimum atomic E-state index is -0.237. The molecule has 1 atom stereocenters. The Bertz CT molecular complexity index is 86.1. The molecule has 0 rings (SSSR count). The van der Waals surface area contributed by atoms with E-state index < -0.39 is 0 Å². The summed E-state index contributed by atoms with van der Waals surface area (Å²) in [6.45, 7) is 1.73. The van der Waals surface area contributed by atoms with Crippen LogP contribution >= 0.6 is 22.9 Å². The molecule has 0 radical (unpaired) electrons. The van der Waals surface area contributed by atoms with Gasteiger partial charge < -0.3 is 4.74 Å². The van der Waals surface area contributed by atoms with Gasteiger partial charge in [-0.25, -0.2) is 3.53 Å². The fourth-order valence-corrected chi connectivity index (χ4v) is 0.476. The summed E-state index contributed by atoms with van der Waals surface area (Å²) in [5, 5.41) is 0. The molecule has 0 aliphatic heterocycles. The van der Waals surface area contributed by atoms with Gasteiger partial charge in [0, 0.05) is 22.9 Å². The third kappa shape index (κ3) is 2.46. The third-order valence-corrected chi connectivity index (χ3v) is 1.65. The summed E-state index contributed by atoms with van der Waals surface area (Å²) < 4.78 is 7.11. The lowest BCUT2D eigenvalue weighted by Gasteiger charge is -2.03. The van der Waals surface area contributed by atoms with Gasteiger partial charge in [0.25, 0.3) is 0 Å². The summed E-state index contributed by atoms with van der Waals surface area (Å²) in [6.07, 6.45) is 0. The third-order valence-electron chi connectivity index (χ3n) is 0.718. The quantitative estimate of drug-likeness (QED) is 0.425. The van der Waals surface area contributed by atoms with Crippen molar-refractivity contribution in [2.75, 3.05) is 7.11 Å². The Labute approximate surface area is 62.3 Å². The minimum absolute atomic E-state index is 0.208. The molecule has 1 N–H and O–H groups in total. The van der Waals surface area contributed by atoms with Crippen molar-refractivity contribution in [3.8, 4) is 0 Å². The van der Waals surface area contributed by atoms with E-state index in [0.29, 0.717) is 0 Å². The van der Waals surface area contributed by atoms with Crippen molar-refractivity contribution in [2.45, 2.75) is 13.0 Å². The average Bonchev–Trinajstić information content (AvgIpc) is 1.84. The lowest BCUT2D eigenvalue weighted by atomic mass is 10.4. The van der Waals surface area contributed by atoms with Crippen LogP contribution in [0, 0.1) is 0 Å². The first-order valence-corrected chi connectivity index (χ1v) is 3.24. The van der Waals surface area contributed by atoms with Crippen LogP contribution in [0.3, 0.4) is 0 Å². The topological polar surface area (TPSA) is 38.3 Å². The van der Waals surface area contributed by atoms with Crippen molar-refractivity contribution in [1.29, 1.82) is 0 Å². The van der Waals surface area contributed by atoms with Gasteiger partial charge in [0.15, 0.2) is 0 Å². The lowest BCUT2D eigenvalue weighted by Crippen LogP contribution is -2.27. The van der Waals surface area contributed by atoms with Crippen molar-refractivity contribution in [1.82, 2.24) is 3.53 Å². The van der Waals surface area contributed by atoms with Crippen LogP contribution < -0.4 is 3.53 Å². The van der Waals surface area contributed by atoms with E-state index >= 15 is 0 Å². The monoisotopic (exact) mass is 229 g/mol. The van der Waals surface area contributed by atoms with E-state index in [1.54, 1.807) is 6.92 Å². The maximum Gasteiger partial charge on any atom is 0.323 e. The van der Waals surface area contributed by atoms with Crippen LogP contribution in [0.1, 0.15) is 6.92 Å². The van der Waals surface area contributed by atoms with Gasteiger partial charge >= 0.3 is 5.97 Å². The van der Waals surface area contributed by atoms with Crippen LogP contribution in [0.2, 0.25) is 0 Å². The normalized spacial score (nSPS) is 12.9. The average molecular weight is 229 g/mol. The number of carbonyl (C=O) groups excluding carboxylic acids is 1. The summed E-state index contributed by atoms with van der Waals surface area (Å²) in [7, 11) is 1.37. The summed E-state index contributed by atoms with van der Waals surface area (Å²) >= 11 is 1.90. The molecule has 4 heteroatoms. The maximum absolute atomic E-state index is 10.5. The number of rotatable bonds is 2. The molecule has 0 amide bonds. The zero-order chi connectivity index (χ0) is 6.57. The molecule has 3 nitrogen and oxygen atoms in total. The molecule has 0 spiro atoms. The summed E-state index contributed by atoms with van der Waals surface area (Å²) in [6, 6.07) is -0.208. The number of esters is 1. The molecule has 0 bridgehead atoms. The second kappa shape index (κ2) is 4.08. The fraction of sp³-hybridized carbons (Fsp3) is 0.750. The molecule has 0 saturated heterocycles. The van der Waals surface area contributed by atoms with Gasteiger partial charge in [-0.15, -0.1) is 0 Å². The van der Waals surface area contributed by atoms with Gasteiger partial charge in [-0.1, -0.05) is 0 Å².